The van der Waals surface area contributed by atoms with E-state index in [1.165, 1.54) is 7.11 Å². The van der Waals surface area contributed by atoms with E-state index in [9.17, 15) is 19.2 Å². The summed E-state index contributed by atoms with van der Waals surface area (Å²) >= 11 is 0. The van der Waals surface area contributed by atoms with Crippen molar-refractivity contribution in [2.75, 3.05) is 20.2 Å². The molecule has 0 radical (unpaired) electrons. The second kappa shape index (κ2) is 7.27. The lowest BCUT2D eigenvalue weighted by molar-refractivity contribution is -0.146. The number of fused-ring (bicyclic) bond motifs is 1. The molecule has 0 bridgehead atoms. The zero-order valence-corrected chi connectivity index (χ0v) is 14.9. The average Bonchev–Trinajstić information content (AvgIpc) is 3.46. The predicted molar refractivity (Wildman–Crippen MR) is 92.3 cm³/mol. The van der Waals surface area contributed by atoms with Crippen molar-refractivity contribution in [1.29, 1.82) is 0 Å². The number of carbonyl (C=O) groups excluding carboxylic acids is 4. The van der Waals surface area contributed by atoms with E-state index in [2.05, 4.69) is 0 Å². The maximum atomic E-state index is 12.6. The minimum Gasteiger partial charge on any atom is -0.469 e. The highest BCUT2D eigenvalue weighted by atomic mass is 16.5. The molecule has 1 aliphatic carbocycles. The fourth-order valence-corrected chi connectivity index (χ4v) is 3.20. The predicted octanol–water partition coefficient (Wildman–Crippen LogP) is 1.47. The summed E-state index contributed by atoms with van der Waals surface area (Å²) in [6, 6.07) is 6.79. The molecular formula is C19H22N2O5. The van der Waals surface area contributed by atoms with Gasteiger partial charge in [0, 0.05) is 25.6 Å². The quantitative estimate of drug-likeness (QED) is 0.544. The van der Waals surface area contributed by atoms with Gasteiger partial charge in [-0.2, -0.15) is 0 Å². The van der Waals surface area contributed by atoms with Gasteiger partial charge in [0.05, 0.1) is 24.2 Å². The van der Waals surface area contributed by atoms with Crippen molar-refractivity contribution in [3.8, 4) is 0 Å². The summed E-state index contributed by atoms with van der Waals surface area (Å²) in [5.74, 6) is -1.65. The number of rotatable bonds is 7. The first-order valence-corrected chi connectivity index (χ1v) is 8.76. The van der Waals surface area contributed by atoms with Crippen LogP contribution in [0.25, 0.3) is 0 Å². The maximum absolute atomic E-state index is 12.6. The number of ether oxygens (including phenoxy) is 1. The first-order valence-electron chi connectivity index (χ1n) is 8.76. The molecule has 3 rings (SSSR count). The fourth-order valence-electron chi connectivity index (χ4n) is 3.20. The summed E-state index contributed by atoms with van der Waals surface area (Å²) in [6.45, 7) is 2.05. The molecule has 3 amide bonds. The van der Waals surface area contributed by atoms with Crippen molar-refractivity contribution in [2.24, 2.45) is 5.92 Å². The summed E-state index contributed by atoms with van der Waals surface area (Å²) in [6.07, 6.45) is 1.87. The van der Waals surface area contributed by atoms with E-state index in [0.29, 0.717) is 11.1 Å². The number of hydrogen-bond acceptors (Lipinski definition) is 5. The Bertz CT molecular complexity index is 721. The van der Waals surface area contributed by atoms with Gasteiger partial charge < -0.3 is 9.64 Å². The van der Waals surface area contributed by atoms with E-state index in [0.717, 1.165) is 17.7 Å². The van der Waals surface area contributed by atoms with Crippen LogP contribution in [-0.4, -0.2) is 59.7 Å². The minimum absolute atomic E-state index is 0.0427. The molecule has 1 aromatic carbocycles. The molecule has 26 heavy (non-hydrogen) atoms. The topological polar surface area (TPSA) is 84.0 Å². The van der Waals surface area contributed by atoms with Crippen LogP contribution in [0.1, 0.15) is 46.9 Å². The summed E-state index contributed by atoms with van der Waals surface area (Å²) in [7, 11) is 1.32. The van der Waals surface area contributed by atoms with Crippen LogP contribution in [0.4, 0.5) is 0 Å². The molecule has 138 valence electrons. The molecule has 1 atom stereocenters. The molecular weight excluding hydrogens is 336 g/mol. The Morgan fingerprint density at radius 2 is 1.77 bits per heavy atom. The van der Waals surface area contributed by atoms with Gasteiger partial charge in [0.2, 0.25) is 5.91 Å². The maximum Gasteiger partial charge on any atom is 0.310 e. The molecule has 1 unspecified atom stereocenters. The highest BCUT2D eigenvalue weighted by Crippen LogP contribution is 2.29. The van der Waals surface area contributed by atoms with Gasteiger partial charge in [0.25, 0.3) is 11.8 Å². The third-order valence-corrected chi connectivity index (χ3v) is 4.81. The number of amides is 3. The number of methoxy groups -OCH3 is 1. The van der Waals surface area contributed by atoms with Crippen LogP contribution in [-0.2, 0) is 14.3 Å². The summed E-state index contributed by atoms with van der Waals surface area (Å²) in [4.78, 5) is 51.8. The number of hydrogen-bond donors (Lipinski definition) is 0. The smallest absolute Gasteiger partial charge is 0.310 e. The van der Waals surface area contributed by atoms with Gasteiger partial charge in [-0.05, 0) is 25.0 Å². The Balaban J connectivity index is 1.62. The first-order chi connectivity index (χ1) is 12.4. The Hall–Kier alpha value is -2.70. The van der Waals surface area contributed by atoms with E-state index >= 15 is 0 Å². The molecule has 2 aliphatic rings. The lowest BCUT2D eigenvalue weighted by atomic mass is 10.1. The highest BCUT2D eigenvalue weighted by molar-refractivity contribution is 6.21. The van der Waals surface area contributed by atoms with Gasteiger partial charge in [-0.25, -0.2) is 0 Å². The third kappa shape index (κ3) is 3.47. The molecule has 0 saturated heterocycles. The number of esters is 1. The standard InChI is InChI=1S/C19H22N2O5/c1-12(19(25)26-2)11-21(13-7-8-13)16(22)9-10-20-17(23)14-5-3-4-6-15(14)18(20)24/h3-6,12-13H,7-11H2,1-2H3. The van der Waals surface area contributed by atoms with Crippen LogP contribution in [0.15, 0.2) is 24.3 Å². The van der Waals surface area contributed by atoms with Gasteiger partial charge in [-0.15, -0.1) is 0 Å². The largest absolute Gasteiger partial charge is 0.469 e. The fraction of sp³-hybridized carbons (Fsp3) is 0.474. The molecule has 1 heterocycles. The lowest BCUT2D eigenvalue weighted by Gasteiger charge is -2.25. The van der Waals surface area contributed by atoms with Crippen LogP contribution in [0, 0.1) is 5.92 Å². The number of carbonyl (C=O) groups is 4. The molecule has 7 heteroatoms. The van der Waals surface area contributed by atoms with Crippen LogP contribution in [0.2, 0.25) is 0 Å². The molecule has 1 saturated carbocycles. The average molecular weight is 358 g/mol. The van der Waals surface area contributed by atoms with Crippen molar-refractivity contribution in [2.45, 2.75) is 32.2 Å². The summed E-state index contributed by atoms with van der Waals surface area (Å²) < 4.78 is 4.72. The Kier molecular flexibility index (Phi) is 5.06. The van der Waals surface area contributed by atoms with Crippen molar-refractivity contribution >= 4 is 23.7 Å². The summed E-state index contributed by atoms with van der Waals surface area (Å²) in [5, 5.41) is 0. The van der Waals surface area contributed by atoms with Crippen LogP contribution in [0.3, 0.4) is 0 Å². The Morgan fingerprint density at radius 1 is 1.19 bits per heavy atom. The molecule has 0 spiro atoms. The SMILES string of the molecule is COC(=O)C(C)CN(C(=O)CCN1C(=O)c2ccccc2C1=O)C1CC1. The lowest BCUT2D eigenvalue weighted by Crippen LogP contribution is -2.41. The number of nitrogens with zero attached hydrogens (tertiary/aromatic N) is 2. The van der Waals surface area contributed by atoms with Crippen molar-refractivity contribution in [3.63, 3.8) is 0 Å². The number of imide groups is 1. The molecule has 1 fully saturated rings. The van der Waals surface area contributed by atoms with Gasteiger partial charge in [0.1, 0.15) is 0 Å². The van der Waals surface area contributed by atoms with E-state index in [1.54, 1.807) is 36.1 Å². The van der Waals surface area contributed by atoms with E-state index in [-0.39, 0.29) is 49.2 Å². The Morgan fingerprint density at radius 3 is 2.27 bits per heavy atom. The molecule has 1 aliphatic heterocycles. The van der Waals surface area contributed by atoms with Crippen LogP contribution < -0.4 is 0 Å². The Labute approximate surface area is 151 Å². The number of benzene rings is 1. The first kappa shape index (κ1) is 18.1. The summed E-state index contributed by atoms with van der Waals surface area (Å²) in [5.41, 5.74) is 0.756. The highest BCUT2D eigenvalue weighted by Gasteiger charge is 2.37. The van der Waals surface area contributed by atoms with Gasteiger partial charge in [-0.1, -0.05) is 19.1 Å². The van der Waals surface area contributed by atoms with E-state index in [1.807, 2.05) is 0 Å². The normalized spacial score (nSPS) is 17.1. The van der Waals surface area contributed by atoms with Crippen molar-refractivity contribution < 1.29 is 23.9 Å². The molecule has 1 aromatic rings. The second-order valence-electron chi connectivity index (χ2n) is 6.76. The van der Waals surface area contributed by atoms with Crippen molar-refractivity contribution in [3.05, 3.63) is 35.4 Å². The molecule has 0 N–H and O–H groups in total. The van der Waals surface area contributed by atoms with Gasteiger partial charge >= 0.3 is 5.97 Å². The molecule has 0 aromatic heterocycles. The minimum atomic E-state index is -0.413. The molecule has 7 nitrogen and oxygen atoms in total. The zero-order valence-electron chi connectivity index (χ0n) is 14.9. The van der Waals surface area contributed by atoms with Crippen LogP contribution >= 0.6 is 0 Å². The van der Waals surface area contributed by atoms with E-state index in [4.69, 9.17) is 4.74 Å². The zero-order chi connectivity index (χ0) is 18.8. The monoisotopic (exact) mass is 358 g/mol. The second-order valence-corrected chi connectivity index (χ2v) is 6.76. The van der Waals surface area contributed by atoms with Crippen molar-refractivity contribution in [1.82, 2.24) is 9.80 Å². The van der Waals surface area contributed by atoms with Gasteiger partial charge in [0.15, 0.2) is 0 Å². The van der Waals surface area contributed by atoms with Gasteiger partial charge in [-0.3, -0.25) is 24.1 Å². The third-order valence-electron chi connectivity index (χ3n) is 4.81. The van der Waals surface area contributed by atoms with E-state index < -0.39 is 5.92 Å². The van der Waals surface area contributed by atoms with Crippen LogP contribution in [0.5, 0.6) is 0 Å².